The van der Waals surface area contributed by atoms with Crippen molar-refractivity contribution in [2.24, 2.45) is 5.41 Å². The zero-order chi connectivity index (χ0) is 21.7. The van der Waals surface area contributed by atoms with Gasteiger partial charge in [0.15, 0.2) is 0 Å². The number of nitrogens with zero attached hydrogens (tertiary/aromatic N) is 3. The molecule has 2 aromatic carbocycles. The zero-order valence-corrected chi connectivity index (χ0v) is 17.7. The molecular weight excluding hydrogens is 378 g/mol. The van der Waals surface area contributed by atoms with E-state index in [2.05, 4.69) is 6.07 Å². The molecule has 0 radical (unpaired) electrons. The van der Waals surface area contributed by atoms with E-state index in [1.165, 1.54) is 0 Å². The van der Waals surface area contributed by atoms with Crippen molar-refractivity contribution in [2.75, 3.05) is 26.2 Å². The van der Waals surface area contributed by atoms with Gasteiger partial charge in [-0.15, -0.1) is 0 Å². The van der Waals surface area contributed by atoms with Crippen LogP contribution in [0.3, 0.4) is 0 Å². The van der Waals surface area contributed by atoms with Crippen LogP contribution in [0.2, 0.25) is 0 Å². The number of piperazine rings is 1. The first-order valence-corrected chi connectivity index (χ1v) is 10.1. The van der Waals surface area contributed by atoms with Crippen LogP contribution < -0.4 is 4.74 Å². The molecule has 1 aliphatic rings. The van der Waals surface area contributed by atoms with Crippen molar-refractivity contribution >= 4 is 11.8 Å². The highest BCUT2D eigenvalue weighted by molar-refractivity contribution is 5.94. The number of nitriles is 1. The molecule has 0 spiro atoms. The summed E-state index contributed by atoms with van der Waals surface area (Å²) in [6.07, 6.45) is 0. The normalized spacial score (nSPS) is 14.2. The molecular formula is C24H27N3O3. The van der Waals surface area contributed by atoms with Gasteiger partial charge < -0.3 is 14.5 Å². The number of hydrogen-bond donors (Lipinski definition) is 0. The first kappa shape index (κ1) is 21.4. The van der Waals surface area contributed by atoms with Crippen molar-refractivity contribution in [3.8, 4) is 11.8 Å². The van der Waals surface area contributed by atoms with E-state index in [1.54, 1.807) is 35.2 Å². The quantitative estimate of drug-likeness (QED) is 0.781. The fourth-order valence-electron chi connectivity index (χ4n) is 3.40. The number of carbonyl (C=O) groups is 2. The summed E-state index contributed by atoms with van der Waals surface area (Å²) in [5, 5.41) is 9.19. The van der Waals surface area contributed by atoms with E-state index in [4.69, 9.17) is 4.74 Å². The number of benzene rings is 2. The zero-order valence-electron chi connectivity index (χ0n) is 17.7. The summed E-state index contributed by atoms with van der Waals surface area (Å²) in [7, 11) is 0. The average molecular weight is 405 g/mol. The Morgan fingerprint density at radius 3 is 2.33 bits per heavy atom. The monoisotopic (exact) mass is 405 g/mol. The highest BCUT2D eigenvalue weighted by atomic mass is 16.5. The summed E-state index contributed by atoms with van der Waals surface area (Å²) in [5.74, 6) is 0.624. The lowest BCUT2D eigenvalue weighted by Crippen LogP contribution is -2.53. The predicted octanol–water partition coefficient (Wildman–Crippen LogP) is 3.47. The summed E-state index contributed by atoms with van der Waals surface area (Å²) in [4.78, 5) is 29.0. The maximum absolute atomic E-state index is 12.9. The van der Waals surface area contributed by atoms with Crippen molar-refractivity contribution in [3.63, 3.8) is 0 Å². The van der Waals surface area contributed by atoms with Crippen LogP contribution in [0.4, 0.5) is 0 Å². The highest BCUT2D eigenvalue weighted by Gasteiger charge is 2.31. The van der Waals surface area contributed by atoms with Crippen LogP contribution in [0.1, 0.15) is 42.3 Å². The molecule has 3 rings (SSSR count). The Morgan fingerprint density at radius 1 is 1.00 bits per heavy atom. The van der Waals surface area contributed by atoms with E-state index in [-0.39, 0.29) is 18.4 Å². The molecule has 156 valence electrons. The van der Waals surface area contributed by atoms with Crippen molar-refractivity contribution in [3.05, 3.63) is 65.2 Å². The molecule has 30 heavy (non-hydrogen) atoms. The fraction of sp³-hybridized carbons (Fsp3) is 0.375. The fourth-order valence-corrected chi connectivity index (χ4v) is 3.40. The van der Waals surface area contributed by atoms with Gasteiger partial charge in [-0.1, -0.05) is 45.0 Å². The average Bonchev–Trinajstić information content (AvgIpc) is 2.76. The summed E-state index contributed by atoms with van der Waals surface area (Å²) in [6.45, 7) is 8.11. The van der Waals surface area contributed by atoms with Crippen molar-refractivity contribution in [1.82, 2.24) is 9.80 Å². The molecule has 0 aromatic heterocycles. The van der Waals surface area contributed by atoms with Gasteiger partial charge in [0.2, 0.25) is 5.91 Å². The first-order chi connectivity index (χ1) is 14.3. The minimum atomic E-state index is -0.415. The van der Waals surface area contributed by atoms with Gasteiger partial charge in [-0.3, -0.25) is 9.59 Å². The molecule has 0 N–H and O–H groups in total. The molecule has 1 saturated heterocycles. The van der Waals surface area contributed by atoms with E-state index < -0.39 is 5.41 Å². The largest absolute Gasteiger partial charge is 0.489 e. The van der Waals surface area contributed by atoms with Gasteiger partial charge in [0.1, 0.15) is 12.4 Å². The lowest BCUT2D eigenvalue weighted by Gasteiger charge is -2.37. The maximum atomic E-state index is 12.9. The standard InChI is InChI=1S/C24H27N3O3/c1-24(2,3)23(29)27-13-11-26(12-14-27)22(28)18-9-6-10-21(15-18)30-17-20-8-5-4-7-19(20)16-25/h4-10,15H,11-14,17H2,1-3H3. The molecule has 0 unspecified atom stereocenters. The van der Waals surface area contributed by atoms with Crippen molar-refractivity contribution in [2.45, 2.75) is 27.4 Å². The number of amides is 2. The van der Waals surface area contributed by atoms with E-state index in [1.807, 2.05) is 43.9 Å². The topological polar surface area (TPSA) is 73.6 Å². The molecule has 2 aromatic rings. The summed E-state index contributed by atoms with van der Waals surface area (Å²) < 4.78 is 5.82. The van der Waals surface area contributed by atoms with E-state index >= 15 is 0 Å². The summed E-state index contributed by atoms with van der Waals surface area (Å²) in [6, 6.07) is 16.5. The molecule has 0 bridgehead atoms. The maximum Gasteiger partial charge on any atom is 0.254 e. The minimum Gasteiger partial charge on any atom is -0.489 e. The number of ether oxygens (including phenoxy) is 1. The Labute approximate surface area is 177 Å². The second kappa shape index (κ2) is 9.00. The Balaban J connectivity index is 1.61. The van der Waals surface area contributed by atoms with Gasteiger partial charge in [-0.25, -0.2) is 0 Å². The molecule has 6 heteroatoms. The third-order valence-corrected chi connectivity index (χ3v) is 5.11. The Bertz CT molecular complexity index is 964. The van der Waals surface area contributed by atoms with Crippen LogP contribution in [0, 0.1) is 16.7 Å². The van der Waals surface area contributed by atoms with Crippen molar-refractivity contribution < 1.29 is 14.3 Å². The Hall–Kier alpha value is -3.33. The second-order valence-corrected chi connectivity index (χ2v) is 8.42. The molecule has 1 aliphatic heterocycles. The third-order valence-electron chi connectivity index (χ3n) is 5.11. The molecule has 0 saturated carbocycles. The first-order valence-electron chi connectivity index (χ1n) is 10.1. The third kappa shape index (κ3) is 4.98. The minimum absolute atomic E-state index is 0.0688. The molecule has 1 heterocycles. The van der Waals surface area contributed by atoms with Gasteiger partial charge in [0, 0.05) is 42.7 Å². The lowest BCUT2D eigenvalue weighted by atomic mass is 9.94. The summed E-state index contributed by atoms with van der Waals surface area (Å²) in [5.41, 5.74) is 1.52. The van der Waals surface area contributed by atoms with Gasteiger partial charge in [-0.05, 0) is 24.3 Å². The van der Waals surface area contributed by atoms with Gasteiger partial charge >= 0.3 is 0 Å². The van der Waals surface area contributed by atoms with E-state index in [0.717, 1.165) is 5.56 Å². The van der Waals surface area contributed by atoms with E-state index in [0.29, 0.717) is 43.1 Å². The highest BCUT2D eigenvalue weighted by Crippen LogP contribution is 2.21. The predicted molar refractivity (Wildman–Crippen MR) is 114 cm³/mol. The molecule has 1 fully saturated rings. The molecule has 0 atom stereocenters. The van der Waals surface area contributed by atoms with Crippen LogP contribution in [0.15, 0.2) is 48.5 Å². The van der Waals surface area contributed by atoms with Crippen molar-refractivity contribution in [1.29, 1.82) is 5.26 Å². The van der Waals surface area contributed by atoms with Gasteiger partial charge in [-0.2, -0.15) is 5.26 Å². The van der Waals surface area contributed by atoms with Crippen LogP contribution in [-0.4, -0.2) is 47.8 Å². The van der Waals surface area contributed by atoms with Crippen LogP contribution >= 0.6 is 0 Å². The van der Waals surface area contributed by atoms with Crippen LogP contribution in [0.5, 0.6) is 5.75 Å². The lowest BCUT2D eigenvalue weighted by molar-refractivity contribution is -0.140. The van der Waals surface area contributed by atoms with Crippen LogP contribution in [-0.2, 0) is 11.4 Å². The Kier molecular flexibility index (Phi) is 6.41. The SMILES string of the molecule is CC(C)(C)C(=O)N1CCN(C(=O)c2cccc(OCc3ccccc3C#N)c2)CC1. The van der Waals surface area contributed by atoms with E-state index in [9.17, 15) is 14.9 Å². The Morgan fingerprint density at radius 2 is 1.67 bits per heavy atom. The van der Waals surface area contributed by atoms with Gasteiger partial charge in [0.05, 0.1) is 11.6 Å². The molecule has 2 amide bonds. The number of rotatable bonds is 4. The number of carbonyl (C=O) groups excluding carboxylic acids is 2. The molecule has 0 aliphatic carbocycles. The molecule has 6 nitrogen and oxygen atoms in total. The number of hydrogen-bond acceptors (Lipinski definition) is 4. The second-order valence-electron chi connectivity index (χ2n) is 8.42. The summed E-state index contributed by atoms with van der Waals surface area (Å²) >= 11 is 0. The van der Waals surface area contributed by atoms with Crippen LogP contribution in [0.25, 0.3) is 0 Å². The smallest absolute Gasteiger partial charge is 0.254 e. The van der Waals surface area contributed by atoms with Gasteiger partial charge in [0.25, 0.3) is 5.91 Å².